The minimum atomic E-state index is -1.11. The van der Waals surface area contributed by atoms with Gasteiger partial charge in [-0.15, -0.1) is 0 Å². The number of nitrogens with one attached hydrogen (secondary N) is 2. The molecule has 5 nitrogen and oxygen atoms in total. The third kappa shape index (κ3) is 2.64. The molecular formula is C25H29N3O2. The smallest absolute Gasteiger partial charge is 0.239 e. The molecule has 156 valence electrons. The number of amides is 1. The molecule has 2 saturated carbocycles. The summed E-state index contributed by atoms with van der Waals surface area (Å²) in [6, 6.07) is 15.4. The van der Waals surface area contributed by atoms with Crippen LogP contribution < -0.4 is 10.7 Å². The lowest BCUT2D eigenvalue weighted by molar-refractivity contribution is -0.139. The van der Waals surface area contributed by atoms with Crippen molar-refractivity contribution < 1.29 is 9.59 Å². The van der Waals surface area contributed by atoms with E-state index in [1.54, 1.807) is 0 Å². The molecule has 2 atom stereocenters. The van der Waals surface area contributed by atoms with Crippen LogP contribution in [0.4, 0.5) is 11.4 Å². The van der Waals surface area contributed by atoms with Gasteiger partial charge in [0.2, 0.25) is 5.91 Å². The number of benzene rings is 2. The number of nitrogens with zero attached hydrogens (tertiary/aromatic N) is 1. The van der Waals surface area contributed by atoms with Crippen molar-refractivity contribution in [1.29, 1.82) is 0 Å². The maximum atomic E-state index is 13.7. The van der Waals surface area contributed by atoms with Crippen LogP contribution in [-0.4, -0.2) is 17.4 Å². The summed E-state index contributed by atoms with van der Waals surface area (Å²) in [7, 11) is 0. The number of hydrogen-bond donors (Lipinski definition) is 2. The van der Waals surface area contributed by atoms with Gasteiger partial charge in [-0.3, -0.25) is 15.0 Å². The Balaban J connectivity index is 1.69. The first-order valence-corrected chi connectivity index (χ1v) is 10.5. The fourth-order valence-corrected chi connectivity index (χ4v) is 5.16. The van der Waals surface area contributed by atoms with Crippen LogP contribution in [0.1, 0.15) is 44.7 Å². The summed E-state index contributed by atoms with van der Waals surface area (Å²) in [4.78, 5) is 27.2. The van der Waals surface area contributed by atoms with Crippen LogP contribution >= 0.6 is 0 Å². The zero-order chi connectivity index (χ0) is 21.7. The Hall–Kier alpha value is -2.95. The summed E-state index contributed by atoms with van der Waals surface area (Å²) in [6.45, 7) is 10.2. The minimum Gasteiger partial charge on any atom is -0.325 e. The van der Waals surface area contributed by atoms with E-state index in [1.165, 1.54) is 5.56 Å². The van der Waals surface area contributed by atoms with Crippen LogP contribution in [0, 0.1) is 30.1 Å². The highest BCUT2D eigenvalue weighted by molar-refractivity contribution is 6.51. The summed E-state index contributed by atoms with van der Waals surface area (Å²) >= 11 is 0. The molecule has 0 aromatic heterocycles. The lowest BCUT2D eigenvalue weighted by atomic mass is 9.64. The number of hydrogen-bond acceptors (Lipinski definition) is 4. The molecule has 30 heavy (non-hydrogen) atoms. The van der Waals surface area contributed by atoms with E-state index in [-0.39, 0.29) is 11.7 Å². The fourth-order valence-electron chi connectivity index (χ4n) is 5.16. The molecular weight excluding hydrogens is 374 g/mol. The molecule has 2 unspecified atom stereocenters. The van der Waals surface area contributed by atoms with Crippen LogP contribution in [0.2, 0.25) is 0 Å². The zero-order valence-corrected chi connectivity index (χ0v) is 18.3. The summed E-state index contributed by atoms with van der Waals surface area (Å²) in [5.74, 6) is -0.389. The highest BCUT2D eigenvalue weighted by Crippen LogP contribution is 2.69. The van der Waals surface area contributed by atoms with Crippen molar-refractivity contribution in [2.75, 3.05) is 10.7 Å². The van der Waals surface area contributed by atoms with Gasteiger partial charge in [-0.25, -0.2) is 0 Å². The van der Waals surface area contributed by atoms with Gasteiger partial charge in [0.25, 0.3) is 0 Å². The van der Waals surface area contributed by atoms with E-state index in [0.29, 0.717) is 12.1 Å². The Morgan fingerprint density at radius 2 is 1.63 bits per heavy atom. The topological polar surface area (TPSA) is 70.6 Å². The number of para-hydroxylation sites is 1. The van der Waals surface area contributed by atoms with Gasteiger partial charge >= 0.3 is 0 Å². The van der Waals surface area contributed by atoms with Crippen LogP contribution in [0.5, 0.6) is 0 Å². The minimum absolute atomic E-state index is 0.161. The molecule has 1 amide bonds. The molecule has 0 saturated heterocycles. The number of Topliss-reactive ketones (excluding diaryl/α,β-unsaturated/α-hetero) is 1. The van der Waals surface area contributed by atoms with E-state index in [2.05, 4.69) is 22.8 Å². The second-order valence-electron chi connectivity index (χ2n) is 9.38. The van der Waals surface area contributed by atoms with Gasteiger partial charge in [0, 0.05) is 11.1 Å². The Labute approximate surface area is 178 Å². The summed E-state index contributed by atoms with van der Waals surface area (Å²) < 4.78 is 0. The molecule has 5 heteroatoms. The number of carbonyl (C=O) groups is 2. The monoisotopic (exact) mass is 403 g/mol. The number of rotatable bonds is 4. The average molecular weight is 404 g/mol. The third-order valence-corrected chi connectivity index (χ3v) is 7.79. The van der Waals surface area contributed by atoms with Gasteiger partial charge in [0.15, 0.2) is 5.78 Å². The maximum absolute atomic E-state index is 13.7. The third-order valence-electron chi connectivity index (χ3n) is 7.79. The molecule has 2 fully saturated rings. The quantitative estimate of drug-likeness (QED) is 0.551. The molecule has 2 aliphatic carbocycles. The Kier molecular flexibility index (Phi) is 4.60. The van der Waals surface area contributed by atoms with Gasteiger partial charge < -0.3 is 5.32 Å². The van der Waals surface area contributed by atoms with Gasteiger partial charge in [-0.2, -0.15) is 5.10 Å². The van der Waals surface area contributed by atoms with Gasteiger partial charge in [-0.1, -0.05) is 45.0 Å². The van der Waals surface area contributed by atoms with Crippen molar-refractivity contribution in [3.05, 3.63) is 59.7 Å². The molecule has 4 rings (SSSR count). The first-order chi connectivity index (χ1) is 14.1. The first-order valence-electron chi connectivity index (χ1n) is 10.5. The van der Waals surface area contributed by atoms with Crippen molar-refractivity contribution >= 4 is 28.8 Å². The number of hydrazone groups is 1. The number of aryl methyl sites for hydroxylation is 2. The van der Waals surface area contributed by atoms with Crippen LogP contribution in [0.25, 0.3) is 0 Å². The predicted octanol–water partition coefficient (Wildman–Crippen LogP) is 5.11. The van der Waals surface area contributed by atoms with E-state index in [4.69, 9.17) is 0 Å². The lowest BCUT2D eigenvalue weighted by Crippen LogP contribution is -2.47. The maximum Gasteiger partial charge on any atom is 0.239 e. The second kappa shape index (κ2) is 6.79. The number of ketones is 1. The number of fused-ring (bicyclic) bond motifs is 2. The average Bonchev–Trinajstić information content (AvgIpc) is 2.99. The molecule has 2 aromatic carbocycles. The summed E-state index contributed by atoms with van der Waals surface area (Å²) in [5, 5.41) is 7.55. The predicted molar refractivity (Wildman–Crippen MR) is 121 cm³/mol. The van der Waals surface area contributed by atoms with Crippen molar-refractivity contribution in [3.63, 3.8) is 0 Å². The first kappa shape index (κ1) is 20.3. The van der Waals surface area contributed by atoms with Gasteiger partial charge in [0.1, 0.15) is 11.1 Å². The van der Waals surface area contributed by atoms with Gasteiger partial charge in [-0.05, 0) is 67.5 Å². The van der Waals surface area contributed by atoms with Crippen LogP contribution in [0.15, 0.2) is 53.6 Å². The van der Waals surface area contributed by atoms with E-state index in [0.717, 1.165) is 23.4 Å². The fraction of sp³-hybridized carbons (Fsp3) is 0.400. The largest absolute Gasteiger partial charge is 0.325 e. The Morgan fingerprint density at radius 1 is 0.933 bits per heavy atom. The van der Waals surface area contributed by atoms with Crippen molar-refractivity contribution in [2.45, 2.75) is 47.5 Å². The normalized spacial score (nSPS) is 28.0. The van der Waals surface area contributed by atoms with E-state index < -0.39 is 16.2 Å². The number of carbonyl (C=O) groups excluding carboxylic acids is 2. The van der Waals surface area contributed by atoms with E-state index >= 15 is 0 Å². The van der Waals surface area contributed by atoms with Gasteiger partial charge in [0.05, 0.1) is 5.69 Å². The Bertz CT molecular complexity index is 1060. The molecule has 2 aromatic rings. The number of anilines is 2. The highest BCUT2D eigenvalue weighted by atomic mass is 16.2. The zero-order valence-electron chi connectivity index (χ0n) is 18.3. The molecule has 2 N–H and O–H groups in total. The SMILES string of the molecule is Cc1ccc(NC(=O)C23CCC(C)(C(=NNc4ccccc4)C2=O)C3(C)C)cc1C. The molecule has 2 bridgehead atoms. The standard InChI is InChI=1S/C25H29N3O2/c1-16-11-12-19(15-17(16)2)26-22(30)25-14-13-24(5,23(25,3)4)20(21(25)29)28-27-18-9-7-6-8-10-18/h6-12,15,27H,13-14H2,1-5H3,(H,26,30). The van der Waals surface area contributed by atoms with Crippen molar-refractivity contribution in [3.8, 4) is 0 Å². The Morgan fingerprint density at radius 3 is 2.30 bits per heavy atom. The molecule has 2 aliphatic rings. The summed E-state index contributed by atoms with van der Waals surface area (Å²) in [6.07, 6.45) is 1.29. The van der Waals surface area contributed by atoms with Crippen molar-refractivity contribution in [2.24, 2.45) is 21.3 Å². The van der Waals surface area contributed by atoms with Crippen molar-refractivity contribution in [1.82, 2.24) is 0 Å². The van der Waals surface area contributed by atoms with Crippen LogP contribution in [0.3, 0.4) is 0 Å². The molecule has 0 spiro atoms. The van der Waals surface area contributed by atoms with E-state index in [1.807, 2.05) is 76.2 Å². The molecule has 0 radical (unpaired) electrons. The lowest BCUT2D eigenvalue weighted by Gasteiger charge is -2.37. The van der Waals surface area contributed by atoms with E-state index in [9.17, 15) is 9.59 Å². The van der Waals surface area contributed by atoms with Crippen LogP contribution in [-0.2, 0) is 9.59 Å². The summed E-state index contributed by atoms with van der Waals surface area (Å²) in [5.41, 5.74) is 5.18. The highest BCUT2D eigenvalue weighted by Gasteiger charge is 2.76. The molecule has 0 aliphatic heterocycles. The second-order valence-corrected chi connectivity index (χ2v) is 9.38. The molecule has 0 heterocycles.